The number of hydrogen-bond donors (Lipinski definition) is 0. The first-order valence-corrected chi connectivity index (χ1v) is 11.7. The number of piperazine rings is 1. The second kappa shape index (κ2) is 7.55. The van der Waals surface area contributed by atoms with Gasteiger partial charge in [-0.2, -0.15) is 4.31 Å². The number of carbonyl (C=O) groups excluding carboxylic acids is 2. The first-order chi connectivity index (χ1) is 13.9. The maximum atomic E-state index is 13.1. The molecule has 1 aliphatic heterocycles. The van der Waals surface area contributed by atoms with E-state index in [-0.39, 0.29) is 28.8 Å². The van der Waals surface area contributed by atoms with E-state index in [2.05, 4.69) is 4.74 Å². The third kappa shape index (κ3) is 3.58. The summed E-state index contributed by atoms with van der Waals surface area (Å²) in [7, 11) is -2.44. The largest absolute Gasteiger partial charge is 0.465 e. The number of carbonyl (C=O) groups is 2. The van der Waals surface area contributed by atoms with Crippen molar-refractivity contribution < 1.29 is 22.7 Å². The lowest BCUT2D eigenvalue weighted by atomic mass is 9.94. The molecule has 1 saturated heterocycles. The quantitative estimate of drug-likeness (QED) is 0.673. The van der Waals surface area contributed by atoms with Gasteiger partial charge in [-0.15, -0.1) is 11.3 Å². The molecular weight excluding hydrogens is 412 g/mol. The normalized spacial score (nSPS) is 19.0. The molecule has 0 spiro atoms. The van der Waals surface area contributed by atoms with Crippen LogP contribution in [0.25, 0.3) is 0 Å². The molecule has 2 aromatic rings. The lowest BCUT2D eigenvalue weighted by molar-refractivity contribution is -0.135. The molecular formula is C20H22N2O5S2. The summed E-state index contributed by atoms with van der Waals surface area (Å²) in [5, 5.41) is 1.48. The van der Waals surface area contributed by atoms with Gasteiger partial charge in [-0.3, -0.25) is 4.79 Å². The highest BCUT2D eigenvalue weighted by Crippen LogP contribution is 2.49. The van der Waals surface area contributed by atoms with E-state index in [1.165, 1.54) is 22.9 Å². The number of benzene rings is 1. The second-order valence-electron chi connectivity index (χ2n) is 7.29. The van der Waals surface area contributed by atoms with E-state index in [0.29, 0.717) is 13.1 Å². The molecule has 1 amide bonds. The summed E-state index contributed by atoms with van der Waals surface area (Å²) < 4.78 is 31.9. The maximum Gasteiger partial charge on any atom is 0.338 e. The Morgan fingerprint density at radius 1 is 1.07 bits per heavy atom. The highest BCUT2D eigenvalue weighted by molar-refractivity contribution is 7.91. The van der Waals surface area contributed by atoms with Gasteiger partial charge in [-0.1, -0.05) is 30.3 Å². The molecule has 0 atom stereocenters. The van der Waals surface area contributed by atoms with Crippen LogP contribution in [-0.4, -0.2) is 62.8 Å². The molecule has 0 N–H and O–H groups in total. The molecule has 1 aromatic heterocycles. The van der Waals surface area contributed by atoms with Gasteiger partial charge in [0.25, 0.3) is 10.0 Å². The predicted molar refractivity (Wildman–Crippen MR) is 108 cm³/mol. The highest BCUT2D eigenvalue weighted by atomic mass is 32.2. The summed E-state index contributed by atoms with van der Waals surface area (Å²) in [4.78, 5) is 26.5. The molecule has 0 unspecified atom stereocenters. The van der Waals surface area contributed by atoms with Gasteiger partial charge >= 0.3 is 5.97 Å². The number of amides is 1. The molecule has 7 nitrogen and oxygen atoms in total. The van der Waals surface area contributed by atoms with Gasteiger partial charge in [0.05, 0.1) is 18.1 Å². The van der Waals surface area contributed by atoms with E-state index in [1.807, 2.05) is 30.3 Å². The van der Waals surface area contributed by atoms with Crippen LogP contribution in [0.5, 0.6) is 0 Å². The van der Waals surface area contributed by atoms with Crippen molar-refractivity contribution >= 4 is 33.2 Å². The molecule has 1 aliphatic carbocycles. The minimum atomic E-state index is -3.70. The van der Waals surface area contributed by atoms with Crippen LogP contribution in [0, 0.1) is 0 Å². The Morgan fingerprint density at radius 2 is 1.72 bits per heavy atom. The monoisotopic (exact) mass is 434 g/mol. The van der Waals surface area contributed by atoms with Crippen LogP contribution >= 0.6 is 11.3 Å². The zero-order valence-corrected chi connectivity index (χ0v) is 17.7. The topological polar surface area (TPSA) is 84.0 Å². The number of methoxy groups -OCH3 is 1. The van der Waals surface area contributed by atoms with Gasteiger partial charge in [-0.25, -0.2) is 13.2 Å². The third-order valence-electron chi connectivity index (χ3n) is 5.60. The number of hydrogen-bond acceptors (Lipinski definition) is 6. The average Bonchev–Trinajstić information content (AvgIpc) is 3.41. The molecule has 4 rings (SSSR count). The molecule has 29 heavy (non-hydrogen) atoms. The fourth-order valence-electron chi connectivity index (χ4n) is 3.75. The summed E-state index contributed by atoms with van der Waals surface area (Å²) in [5.41, 5.74) is 0.822. The van der Waals surface area contributed by atoms with Gasteiger partial charge in [-0.05, 0) is 24.5 Å². The van der Waals surface area contributed by atoms with Crippen molar-refractivity contribution in [2.75, 3.05) is 33.3 Å². The number of rotatable bonds is 5. The average molecular weight is 435 g/mol. The van der Waals surface area contributed by atoms with E-state index in [0.717, 1.165) is 29.7 Å². The van der Waals surface area contributed by atoms with Gasteiger partial charge in [0, 0.05) is 31.6 Å². The van der Waals surface area contributed by atoms with Crippen LogP contribution in [0.3, 0.4) is 0 Å². The van der Waals surface area contributed by atoms with Crippen LogP contribution in [0.2, 0.25) is 0 Å². The number of thiophene rings is 1. The number of nitrogens with zero attached hydrogens (tertiary/aromatic N) is 2. The summed E-state index contributed by atoms with van der Waals surface area (Å²) in [6.45, 7) is 1.21. The fourth-order valence-corrected chi connectivity index (χ4v) is 6.47. The minimum absolute atomic E-state index is 0.0878. The molecule has 2 heterocycles. The van der Waals surface area contributed by atoms with Crippen molar-refractivity contribution in [3.63, 3.8) is 0 Å². The molecule has 2 aliphatic rings. The van der Waals surface area contributed by atoms with Crippen molar-refractivity contribution in [1.82, 2.24) is 9.21 Å². The van der Waals surface area contributed by atoms with E-state index in [4.69, 9.17) is 0 Å². The Hall–Kier alpha value is -2.23. The van der Waals surface area contributed by atoms with Crippen molar-refractivity contribution in [3.8, 4) is 0 Å². The Kier molecular flexibility index (Phi) is 5.22. The summed E-state index contributed by atoms with van der Waals surface area (Å²) in [6.07, 6.45) is 1.67. The third-order valence-corrected chi connectivity index (χ3v) is 8.92. The molecule has 2 fully saturated rings. The van der Waals surface area contributed by atoms with Crippen LogP contribution in [0.1, 0.15) is 28.8 Å². The van der Waals surface area contributed by atoms with E-state index in [9.17, 15) is 18.0 Å². The van der Waals surface area contributed by atoms with Crippen molar-refractivity contribution in [1.29, 1.82) is 0 Å². The van der Waals surface area contributed by atoms with Crippen molar-refractivity contribution in [2.24, 2.45) is 0 Å². The van der Waals surface area contributed by atoms with Crippen molar-refractivity contribution in [3.05, 3.63) is 52.9 Å². The molecule has 1 aromatic carbocycles. The van der Waals surface area contributed by atoms with Crippen molar-refractivity contribution in [2.45, 2.75) is 22.5 Å². The van der Waals surface area contributed by atoms with Crippen LogP contribution < -0.4 is 0 Å². The molecule has 1 saturated carbocycles. The Balaban J connectivity index is 1.43. The van der Waals surface area contributed by atoms with E-state index in [1.54, 1.807) is 4.90 Å². The summed E-state index contributed by atoms with van der Waals surface area (Å²) in [6, 6.07) is 11.1. The lowest BCUT2D eigenvalue weighted by Crippen LogP contribution is -2.52. The Bertz CT molecular complexity index is 1020. The van der Waals surface area contributed by atoms with Gasteiger partial charge in [0.15, 0.2) is 0 Å². The Labute approximate surface area is 173 Å². The van der Waals surface area contributed by atoms with E-state index < -0.39 is 21.4 Å². The first-order valence-electron chi connectivity index (χ1n) is 9.40. The van der Waals surface area contributed by atoms with Gasteiger partial charge in [0.1, 0.15) is 4.21 Å². The fraction of sp³-hybridized carbons (Fsp3) is 0.400. The first kappa shape index (κ1) is 20.1. The SMILES string of the molecule is COC(=O)c1csc(S(=O)(=O)N2CCN(C(=O)C3(c4ccccc4)CC3)CC2)c1. The van der Waals surface area contributed by atoms with E-state index >= 15 is 0 Å². The smallest absolute Gasteiger partial charge is 0.338 e. The predicted octanol–water partition coefficient (Wildman–Crippen LogP) is 2.10. The highest BCUT2D eigenvalue weighted by Gasteiger charge is 2.53. The number of sulfonamides is 1. The van der Waals surface area contributed by atoms with Crippen LogP contribution in [-0.2, 0) is 25.0 Å². The number of esters is 1. The Morgan fingerprint density at radius 3 is 2.31 bits per heavy atom. The molecule has 0 bridgehead atoms. The van der Waals surface area contributed by atoms with Gasteiger partial charge in [0.2, 0.25) is 5.91 Å². The second-order valence-corrected chi connectivity index (χ2v) is 10.4. The summed E-state index contributed by atoms with van der Waals surface area (Å²) >= 11 is 1.00. The molecule has 9 heteroatoms. The van der Waals surface area contributed by atoms with Crippen LogP contribution in [0.15, 0.2) is 46.0 Å². The van der Waals surface area contributed by atoms with Gasteiger partial charge < -0.3 is 9.64 Å². The molecule has 0 radical (unpaired) electrons. The zero-order chi connectivity index (χ0) is 20.6. The summed E-state index contributed by atoms with van der Waals surface area (Å²) in [5.74, 6) is -0.474. The lowest BCUT2D eigenvalue weighted by Gasteiger charge is -2.35. The minimum Gasteiger partial charge on any atom is -0.465 e. The maximum absolute atomic E-state index is 13.1. The molecule has 154 valence electrons. The standard InChI is InChI=1S/C20H22N2O5S2/c1-27-18(23)15-13-17(28-14-15)29(25,26)22-11-9-21(10-12-22)19(24)20(7-8-20)16-5-3-2-4-6-16/h2-6,13-14H,7-12H2,1H3. The van der Waals surface area contributed by atoms with Crippen LogP contribution in [0.4, 0.5) is 0 Å². The zero-order valence-electron chi connectivity index (χ0n) is 16.0. The number of ether oxygens (including phenoxy) is 1.